The third-order valence-corrected chi connectivity index (χ3v) is 5.73. The van der Waals surface area contributed by atoms with Gasteiger partial charge in [0.25, 0.3) is 5.91 Å². The minimum absolute atomic E-state index is 0.0510. The number of pyridine rings is 1. The lowest BCUT2D eigenvalue weighted by Gasteiger charge is -2.30. The largest absolute Gasteiger partial charge is 0.334 e. The van der Waals surface area contributed by atoms with Gasteiger partial charge in [-0.15, -0.1) is 11.3 Å². The van der Waals surface area contributed by atoms with Crippen molar-refractivity contribution in [3.05, 3.63) is 49.8 Å². The van der Waals surface area contributed by atoms with Gasteiger partial charge in [-0.3, -0.25) is 9.59 Å². The van der Waals surface area contributed by atoms with Gasteiger partial charge in [0.05, 0.1) is 27.2 Å². The molecule has 23 heavy (non-hydrogen) atoms. The standard InChI is InChI=1S/C17H21N3O2S/c1-4-14-18-12-6-5-7-13(16(12)23-14)20(3)17(22)11-8-9-15(21)19(2)10-11/h8-10,13H,4-7H2,1-3H3/t13-/m1/s1. The number of fused-ring (bicyclic) bond motifs is 1. The molecule has 2 aromatic heterocycles. The molecule has 122 valence electrons. The Morgan fingerprint density at radius 2 is 2.26 bits per heavy atom. The first-order chi connectivity index (χ1) is 11.0. The monoisotopic (exact) mass is 331 g/mol. The van der Waals surface area contributed by atoms with E-state index in [9.17, 15) is 9.59 Å². The Labute approximate surface area is 139 Å². The summed E-state index contributed by atoms with van der Waals surface area (Å²) in [5.41, 5.74) is 1.59. The molecule has 1 amide bonds. The molecule has 2 aromatic rings. The Morgan fingerprint density at radius 3 is 2.96 bits per heavy atom. The Kier molecular flexibility index (Phi) is 4.35. The molecular weight excluding hydrogens is 310 g/mol. The van der Waals surface area contributed by atoms with E-state index >= 15 is 0 Å². The summed E-state index contributed by atoms with van der Waals surface area (Å²) in [4.78, 5) is 32.0. The normalized spacial score (nSPS) is 16.9. The van der Waals surface area contributed by atoms with Crippen molar-refractivity contribution >= 4 is 17.2 Å². The molecule has 2 heterocycles. The minimum atomic E-state index is -0.112. The second-order valence-corrected chi connectivity index (χ2v) is 7.08. The first kappa shape index (κ1) is 15.9. The molecular formula is C17H21N3O2S. The molecule has 0 saturated carbocycles. The van der Waals surface area contributed by atoms with Crippen molar-refractivity contribution in [1.82, 2.24) is 14.5 Å². The highest BCUT2D eigenvalue weighted by atomic mass is 32.1. The highest BCUT2D eigenvalue weighted by Gasteiger charge is 2.30. The van der Waals surface area contributed by atoms with E-state index in [1.165, 1.54) is 15.5 Å². The summed E-state index contributed by atoms with van der Waals surface area (Å²) in [6.45, 7) is 2.11. The van der Waals surface area contributed by atoms with Crippen molar-refractivity contribution in [2.45, 2.75) is 38.6 Å². The third-order valence-electron chi connectivity index (χ3n) is 4.39. The lowest BCUT2D eigenvalue weighted by Crippen LogP contribution is -2.33. The number of aryl methyl sites for hydroxylation is 3. The van der Waals surface area contributed by atoms with Crippen LogP contribution in [0.5, 0.6) is 0 Å². The number of amides is 1. The van der Waals surface area contributed by atoms with Crippen LogP contribution in [0.1, 0.15) is 51.7 Å². The fourth-order valence-corrected chi connectivity index (χ4v) is 4.27. The molecule has 0 radical (unpaired) electrons. The Bertz CT molecular complexity index is 793. The molecule has 0 fully saturated rings. The van der Waals surface area contributed by atoms with Gasteiger partial charge in [-0.2, -0.15) is 0 Å². The maximum absolute atomic E-state index is 12.8. The SMILES string of the molecule is CCc1nc2c(s1)[C@H](N(C)C(=O)c1ccc(=O)n(C)c1)CCC2. The van der Waals surface area contributed by atoms with Crippen LogP contribution in [0.2, 0.25) is 0 Å². The Hall–Kier alpha value is -1.95. The van der Waals surface area contributed by atoms with Crippen LogP contribution in [0, 0.1) is 0 Å². The fourth-order valence-electron chi connectivity index (χ4n) is 3.03. The van der Waals surface area contributed by atoms with Crippen molar-refractivity contribution in [3.63, 3.8) is 0 Å². The van der Waals surface area contributed by atoms with E-state index in [0.29, 0.717) is 5.56 Å². The first-order valence-electron chi connectivity index (χ1n) is 7.93. The van der Waals surface area contributed by atoms with Gasteiger partial charge in [0, 0.05) is 26.4 Å². The van der Waals surface area contributed by atoms with Crippen LogP contribution in [-0.2, 0) is 19.9 Å². The molecule has 0 aliphatic heterocycles. The van der Waals surface area contributed by atoms with Gasteiger partial charge in [-0.05, 0) is 31.7 Å². The van der Waals surface area contributed by atoms with Crippen LogP contribution in [0.15, 0.2) is 23.1 Å². The van der Waals surface area contributed by atoms with Crippen molar-refractivity contribution in [2.24, 2.45) is 7.05 Å². The van der Waals surface area contributed by atoms with E-state index in [0.717, 1.165) is 36.4 Å². The fraction of sp³-hybridized carbons (Fsp3) is 0.471. The zero-order chi connectivity index (χ0) is 16.6. The van der Waals surface area contributed by atoms with E-state index in [1.54, 1.807) is 35.5 Å². The summed E-state index contributed by atoms with van der Waals surface area (Å²) in [6, 6.07) is 3.13. The number of aromatic nitrogens is 2. The zero-order valence-corrected chi connectivity index (χ0v) is 14.5. The van der Waals surface area contributed by atoms with Crippen LogP contribution in [0.25, 0.3) is 0 Å². The zero-order valence-electron chi connectivity index (χ0n) is 13.7. The van der Waals surface area contributed by atoms with E-state index in [-0.39, 0.29) is 17.5 Å². The average molecular weight is 331 g/mol. The van der Waals surface area contributed by atoms with Crippen molar-refractivity contribution < 1.29 is 4.79 Å². The van der Waals surface area contributed by atoms with Gasteiger partial charge in [0.15, 0.2) is 0 Å². The number of carbonyl (C=O) groups is 1. The lowest BCUT2D eigenvalue weighted by atomic mass is 9.96. The third kappa shape index (κ3) is 2.95. The van der Waals surface area contributed by atoms with Crippen LogP contribution in [0.3, 0.4) is 0 Å². The maximum Gasteiger partial charge on any atom is 0.255 e. The molecule has 0 saturated heterocycles. The quantitative estimate of drug-likeness (QED) is 0.868. The summed E-state index contributed by atoms with van der Waals surface area (Å²) in [7, 11) is 3.51. The molecule has 0 spiro atoms. The molecule has 5 nitrogen and oxygen atoms in total. The second kappa shape index (κ2) is 6.28. The molecule has 0 N–H and O–H groups in total. The van der Waals surface area contributed by atoms with E-state index in [4.69, 9.17) is 4.98 Å². The Morgan fingerprint density at radius 1 is 1.48 bits per heavy atom. The summed E-state index contributed by atoms with van der Waals surface area (Å²) in [6.07, 6.45) is 5.56. The van der Waals surface area contributed by atoms with Crippen molar-refractivity contribution in [1.29, 1.82) is 0 Å². The topological polar surface area (TPSA) is 55.2 Å². The van der Waals surface area contributed by atoms with Gasteiger partial charge in [0.1, 0.15) is 0 Å². The van der Waals surface area contributed by atoms with Crippen molar-refractivity contribution in [3.8, 4) is 0 Å². The minimum Gasteiger partial charge on any atom is -0.334 e. The number of thiazole rings is 1. The van der Waals surface area contributed by atoms with Crippen LogP contribution < -0.4 is 5.56 Å². The number of rotatable bonds is 3. The van der Waals surface area contributed by atoms with E-state index < -0.39 is 0 Å². The molecule has 0 unspecified atom stereocenters. The second-order valence-electron chi connectivity index (χ2n) is 5.96. The number of hydrogen-bond acceptors (Lipinski definition) is 4. The highest BCUT2D eigenvalue weighted by Crippen LogP contribution is 2.38. The van der Waals surface area contributed by atoms with Gasteiger partial charge >= 0.3 is 0 Å². The number of nitrogens with zero attached hydrogens (tertiary/aromatic N) is 3. The van der Waals surface area contributed by atoms with Crippen LogP contribution in [0.4, 0.5) is 0 Å². The van der Waals surface area contributed by atoms with Crippen LogP contribution in [-0.4, -0.2) is 27.4 Å². The van der Waals surface area contributed by atoms with Gasteiger partial charge in [-0.1, -0.05) is 6.92 Å². The highest BCUT2D eigenvalue weighted by molar-refractivity contribution is 7.11. The van der Waals surface area contributed by atoms with E-state index in [1.807, 2.05) is 7.05 Å². The predicted octanol–water partition coefficient (Wildman–Crippen LogP) is 2.55. The lowest BCUT2D eigenvalue weighted by molar-refractivity contribution is 0.0717. The molecule has 1 aliphatic rings. The summed E-state index contributed by atoms with van der Waals surface area (Å²) in [5.74, 6) is -0.0510. The summed E-state index contributed by atoms with van der Waals surface area (Å²) >= 11 is 1.73. The molecule has 3 rings (SSSR count). The molecule has 1 aliphatic carbocycles. The van der Waals surface area contributed by atoms with Gasteiger partial charge < -0.3 is 9.47 Å². The summed E-state index contributed by atoms with van der Waals surface area (Å²) in [5, 5.41) is 1.14. The first-order valence-corrected chi connectivity index (χ1v) is 8.75. The molecule has 6 heteroatoms. The molecule has 0 bridgehead atoms. The number of carbonyl (C=O) groups excluding carboxylic acids is 1. The van der Waals surface area contributed by atoms with Crippen molar-refractivity contribution in [2.75, 3.05) is 7.05 Å². The van der Waals surface area contributed by atoms with Gasteiger partial charge in [0.2, 0.25) is 5.56 Å². The smallest absolute Gasteiger partial charge is 0.255 e. The van der Waals surface area contributed by atoms with Crippen LogP contribution >= 0.6 is 11.3 Å². The molecule has 1 atom stereocenters. The molecule has 0 aromatic carbocycles. The Balaban J connectivity index is 1.90. The maximum atomic E-state index is 12.8. The predicted molar refractivity (Wildman–Crippen MR) is 90.9 cm³/mol. The summed E-state index contributed by atoms with van der Waals surface area (Å²) < 4.78 is 1.44. The number of hydrogen-bond donors (Lipinski definition) is 0. The van der Waals surface area contributed by atoms with E-state index in [2.05, 4.69) is 6.92 Å². The average Bonchev–Trinajstić information content (AvgIpc) is 2.99. The van der Waals surface area contributed by atoms with Gasteiger partial charge in [-0.25, -0.2) is 4.98 Å².